The average molecular weight is 673 g/mol. The lowest BCUT2D eigenvalue weighted by atomic mass is 9.85. The van der Waals surface area contributed by atoms with Crippen LogP contribution in [0, 0.1) is 11.3 Å². The SMILES string of the molecule is N#Cc1cc(-c2ccc(-c3cccc(-c4c5ccccc5c(-c5ccccc5)c5ccccc45)c3)cc2)ccc1-n1c2ccccc2c2ccccc21. The van der Waals surface area contributed by atoms with Gasteiger partial charge in [-0.2, -0.15) is 5.26 Å². The molecule has 0 aliphatic carbocycles. The molecule has 1 aromatic heterocycles. The van der Waals surface area contributed by atoms with Crippen molar-refractivity contribution in [3.63, 3.8) is 0 Å². The maximum Gasteiger partial charge on any atom is 0.101 e. The monoisotopic (exact) mass is 672 g/mol. The van der Waals surface area contributed by atoms with E-state index in [1.54, 1.807) is 0 Å². The molecule has 246 valence electrons. The van der Waals surface area contributed by atoms with Crippen LogP contribution in [-0.4, -0.2) is 4.57 Å². The van der Waals surface area contributed by atoms with Crippen LogP contribution in [0.5, 0.6) is 0 Å². The van der Waals surface area contributed by atoms with Crippen LogP contribution in [0.25, 0.3) is 93.5 Å². The number of rotatable bonds is 5. The lowest BCUT2D eigenvalue weighted by Crippen LogP contribution is -1.98. The molecule has 0 aliphatic heterocycles. The van der Waals surface area contributed by atoms with E-state index in [9.17, 15) is 5.26 Å². The van der Waals surface area contributed by atoms with Gasteiger partial charge in [-0.15, -0.1) is 0 Å². The molecule has 0 saturated carbocycles. The molecule has 9 aromatic carbocycles. The molecule has 0 spiro atoms. The van der Waals surface area contributed by atoms with E-state index >= 15 is 0 Å². The van der Waals surface area contributed by atoms with Crippen LogP contribution >= 0.6 is 0 Å². The van der Waals surface area contributed by atoms with Gasteiger partial charge in [-0.3, -0.25) is 0 Å². The zero-order valence-electron chi connectivity index (χ0n) is 28.9. The van der Waals surface area contributed by atoms with Crippen LogP contribution in [-0.2, 0) is 0 Å². The summed E-state index contributed by atoms with van der Waals surface area (Å²) >= 11 is 0. The summed E-state index contributed by atoms with van der Waals surface area (Å²) in [6.45, 7) is 0. The van der Waals surface area contributed by atoms with Gasteiger partial charge in [0.15, 0.2) is 0 Å². The fourth-order valence-electron chi connectivity index (χ4n) is 8.25. The highest BCUT2D eigenvalue weighted by Gasteiger charge is 2.18. The van der Waals surface area contributed by atoms with Crippen LogP contribution in [0.3, 0.4) is 0 Å². The van der Waals surface area contributed by atoms with Gasteiger partial charge in [0.2, 0.25) is 0 Å². The second-order valence-corrected chi connectivity index (χ2v) is 13.6. The van der Waals surface area contributed by atoms with E-state index in [-0.39, 0.29) is 0 Å². The Morgan fingerprint density at radius 2 is 0.736 bits per heavy atom. The number of hydrogen-bond donors (Lipinski definition) is 0. The number of nitriles is 1. The first-order valence-corrected chi connectivity index (χ1v) is 18.0. The minimum Gasteiger partial charge on any atom is -0.308 e. The molecule has 0 saturated heterocycles. The third-order valence-corrected chi connectivity index (χ3v) is 10.6. The van der Waals surface area contributed by atoms with Crippen LogP contribution < -0.4 is 0 Å². The number of para-hydroxylation sites is 2. The third-order valence-electron chi connectivity index (χ3n) is 10.6. The number of aromatic nitrogens is 1. The largest absolute Gasteiger partial charge is 0.308 e. The van der Waals surface area contributed by atoms with Crippen molar-refractivity contribution in [3.8, 4) is 56.3 Å². The molecule has 0 bridgehead atoms. The summed E-state index contributed by atoms with van der Waals surface area (Å²) in [4.78, 5) is 0. The summed E-state index contributed by atoms with van der Waals surface area (Å²) in [6.07, 6.45) is 0. The fraction of sp³-hybridized carbons (Fsp3) is 0. The summed E-state index contributed by atoms with van der Waals surface area (Å²) in [7, 11) is 0. The Bertz CT molecular complexity index is 2940. The van der Waals surface area contributed by atoms with Crippen molar-refractivity contribution >= 4 is 43.4 Å². The van der Waals surface area contributed by atoms with Crippen LogP contribution in [0.2, 0.25) is 0 Å². The maximum atomic E-state index is 10.4. The van der Waals surface area contributed by atoms with Gasteiger partial charge in [-0.05, 0) is 96.4 Å². The van der Waals surface area contributed by atoms with Gasteiger partial charge < -0.3 is 4.57 Å². The number of nitrogens with zero attached hydrogens (tertiary/aromatic N) is 2. The molecular formula is C51H32N2. The molecule has 2 heteroatoms. The van der Waals surface area contributed by atoms with Crippen molar-refractivity contribution in [2.75, 3.05) is 0 Å². The van der Waals surface area contributed by atoms with E-state index < -0.39 is 0 Å². The first kappa shape index (κ1) is 30.6. The molecule has 53 heavy (non-hydrogen) atoms. The first-order chi connectivity index (χ1) is 26.3. The second-order valence-electron chi connectivity index (χ2n) is 13.6. The Hall–Kier alpha value is -7.21. The van der Waals surface area contributed by atoms with E-state index in [4.69, 9.17) is 0 Å². The number of fused-ring (bicyclic) bond motifs is 5. The summed E-state index contributed by atoms with van der Waals surface area (Å²) in [5, 5.41) is 17.7. The highest BCUT2D eigenvalue weighted by Crippen LogP contribution is 2.44. The average Bonchev–Trinajstić information content (AvgIpc) is 3.57. The molecule has 0 N–H and O–H groups in total. The highest BCUT2D eigenvalue weighted by molar-refractivity contribution is 6.21. The Balaban J connectivity index is 1.04. The van der Waals surface area contributed by atoms with Gasteiger partial charge in [0, 0.05) is 10.8 Å². The van der Waals surface area contributed by atoms with E-state index in [0.29, 0.717) is 5.56 Å². The van der Waals surface area contributed by atoms with E-state index in [1.165, 1.54) is 54.6 Å². The van der Waals surface area contributed by atoms with Gasteiger partial charge >= 0.3 is 0 Å². The predicted octanol–water partition coefficient (Wildman–Crippen LogP) is 13.6. The van der Waals surface area contributed by atoms with Crippen LogP contribution in [0.4, 0.5) is 0 Å². The normalized spacial score (nSPS) is 11.4. The quantitative estimate of drug-likeness (QED) is 0.167. The van der Waals surface area contributed by atoms with Gasteiger partial charge in [0.25, 0.3) is 0 Å². The number of hydrogen-bond acceptors (Lipinski definition) is 1. The molecule has 10 aromatic rings. The molecule has 2 nitrogen and oxygen atoms in total. The predicted molar refractivity (Wildman–Crippen MR) is 222 cm³/mol. The van der Waals surface area contributed by atoms with Crippen LogP contribution in [0.15, 0.2) is 194 Å². The molecule has 1 heterocycles. The Labute approximate surface area is 308 Å². The summed E-state index contributed by atoms with van der Waals surface area (Å²) in [6, 6.07) is 71.5. The molecule has 10 rings (SSSR count). The van der Waals surface area contributed by atoms with E-state index in [2.05, 4.69) is 199 Å². The molecule has 0 fully saturated rings. The summed E-state index contributed by atoms with van der Waals surface area (Å²) in [5.74, 6) is 0. The zero-order valence-corrected chi connectivity index (χ0v) is 28.9. The summed E-state index contributed by atoms with van der Waals surface area (Å²) in [5.41, 5.74) is 13.1. The smallest absolute Gasteiger partial charge is 0.101 e. The molecule has 0 atom stereocenters. The first-order valence-electron chi connectivity index (χ1n) is 18.0. The molecule has 0 unspecified atom stereocenters. The van der Waals surface area contributed by atoms with E-state index in [0.717, 1.165) is 39.0 Å². The minimum atomic E-state index is 0.642. The lowest BCUT2D eigenvalue weighted by Gasteiger charge is -2.18. The Kier molecular flexibility index (Phi) is 7.23. The number of benzene rings is 9. The Morgan fingerprint density at radius 3 is 1.28 bits per heavy atom. The topological polar surface area (TPSA) is 28.7 Å². The van der Waals surface area contributed by atoms with Crippen molar-refractivity contribution in [3.05, 3.63) is 200 Å². The minimum absolute atomic E-state index is 0.642. The third kappa shape index (κ3) is 5.02. The van der Waals surface area contributed by atoms with Crippen molar-refractivity contribution in [2.45, 2.75) is 0 Å². The van der Waals surface area contributed by atoms with E-state index in [1.807, 2.05) is 6.07 Å². The standard InChI is InChI=1S/C51H32N2/c52-33-40-32-38(29-30-47(40)53-48-23-10-8-17-41(48)42-18-9-11-24-49(42)53)35-27-25-34(26-28-35)37-15-12-16-39(31-37)51-45-21-6-4-19-43(45)50(36-13-2-1-3-14-36)44-20-5-7-22-46(44)51/h1-32H. The van der Waals surface area contributed by atoms with Crippen molar-refractivity contribution in [1.29, 1.82) is 5.26 Å². The molecule has 0 aliphatic rings. The molecule has 0 radical (unpaired) electrons. The van der Waals surface area contributed by atoms with Crippen LogP contribution in [0.1, 0.15) is 5.56 Å². The molecular weight excluding hydrogens is 641 g/mol. The van der Waals surface area contributed by atoms with Crippen molar-refractivity contribution in [2.24, 2.45) is 0 Å². The van der Waals surface area contributed by atoms with Gasteiger partial charge in [-0.25, -0.2) is 0 Å². The lowest BCUT2D eigenvalue weighted by molar-refractivity contribution is 1.17. The van der Waals surface area contributed by atoms with Crippen molar-refractivity contribution in [1.82, 2.24) is 4.57 Å². The second kappa shape index (κ2) is 12.5. The van der Waals surface area contributed by atoms with Gasteiger partial charge in [0.05, 0.1) is 22.3 Å². The molecule has 0 amide bonds. The van der Waals surface area contributed by atoms with Gasteiger partial charge in [0.1, 0.15) is 6.07 Å². The fourth-order valence-corrected chi connectivity index (χ4v) is 8.25. The zero-order chi connectivity index (χ0) is 35.3. The Morgan fingerprint density at radius 1 is 0.321 bits per heavy atom. The highest BCUT2D eigenvalue weighted by atomic mass is 15.0. The summed E-state index contributed by atoms with van der Waals surface area (Å²) < 4.78 is 2.21. The van der Waals surface area contributed by atoms with Crippen molar-refractivity contribution < 1.29 is 0 Å². The maximum absolute atomic E-state index is 10.4. The van der Waals surface area contributed by atoms with Gasteiger partial charge in [-0.1, -0.05) is 164 Å².